The number of aliphatic imine (C=N–C) groups is 1. The summed E-state index contributed by atoms with van der Waals surface area (Å²) in [5, 5.41) is 3.39. The fourth-order valence-corrected chi connectivity index (χ4v) is 1.82. The molecule has 0 bridgehead atoms. The Bertz CT molecular complexity index is 320. The Balaban J connectivity index is 0. The predicted molar refractivity (Wildman–Crippen MR) is 92.4 cm³/mol. The van der Waals surface area contributed by atoms with Crippen LogP contribution in [0.2, 0.25) is 0 Å². The lowest BCUT2D eigenvalue weighted by Gasteiger charge is -2.31. The summed E-state index contributed by atoms with van der Waals surface area (Å²) < 4.78 is 0. The van der Waals surface area contributed by atoms with Gasteiger partial charge in [0.2, 0.25) is 0 Å². The van der Waals surface area contributed by atoms with Crippen molar-refractivity contribution < 1.29 is 4.79 Å². The number of hydrogen-bond acceptors (Lipinski definition) is 3. The smallest absolute Gasteiger partial charge is 0.185 e. The number of ketones is 1. The third kappa shape index (κ3) is 12.4. The van der Waals surface area contributed by atoms with E-state index in [1.54, 1.807) is 0 Å². The van der Waals surface area contributed by atoms with Crippen molar-refractivity contribution in [3.63, 3.8) is 0 Å². The summed E-state index contributed by atoms with van der Waals surface area (Å²) in [5.74, 6) is 0.328. The van der Waals surface area contributed by atoms with Crippen molar-refractivity contribution in [1.29, 1.82) is 0 Å². The maximum Gasteiger partial charge on any atom is 0.185 e. The number of guanidine groups is 1. The zero-order valence-corrected chi connectivity index (χ0v) is 15.2. The molecular weight excluding hydrogens is 264 g/mol. The van der Waals surface area contributed by atoms with E-state index in [0.717, 1.165) is 12.8 Å². The van der Waals surface area contributed by atoms with Crippen molar-refractivity contribution in [2.75, 3.05) is 6.54 Å². The van der Waals surface area contributed by atoms with Crippen LogP contribution in [0.3, 0.4) is 0 Å². The van der Waals surface area contributed by atoms with E-state index in [0.29, 0.717) is 6.54 Å². The molecule has 0 aromatic heterocycles. The summed E-state index contributed by atoms with van der Waals surface area (Å²) in [4.78, 5) is 16.4. The van der Waals surface area contributed by atoms with Crippen LogP contribution in [0, 0.1) is 5.41 Å². The van der Waals surface area contributed by atoms with Crippen LogP contribution in [0.15, 0.2) is 4.99 Å². The van der Waals surface area contributed by atoms with E-state index in [1.807, 2.05) is 34.6 Å². The fraction of sp³-hybridized carbons (Fsp3) is 0.875. The largest absolute Gasteiger partial charge is 0.370 e. The highest BCUT2D eigenvalue weighted by Gasteiger charge is 2.31. The van der Waals surface area contributed by atoms with Gasteiger partial charge in [0, 0.05) is 17.5 Å². The monoisotopic (exact) mass is 300 g/mol. The molecule has 5 nitrogen and oxygen atoms in total. The van der Waals surface area contributed by atoms with Gasteiger partial charge in [-0.15, -0.1) is 0 Å². The van der Waals surface area contributed by atoms with Crippen molar-refractivity contribution in [1.82, 2.24) is 5.32 Å². The first-order valence-electron chi connectivity index (χ1n) is 7.81. The summed E-state index contributed by atoms with van der Waals surface area (Å²) in [6, 6.07) is -0.158. The van der Waals surface area contributed by atoms with Gasteiger partial charge in [-0.2, -0.15) is 0 Å². The van der Waals surface area contributed by atoms with Gasteiger partial charge in [0.1, 0.15) is 0 Å². The molecule has 0 radical (unpaired) electrons. The second-order valence-electron chi connectivity index (χ2n) is 7.01. The van der Waals surface area contributed by atoms with E-state index < -0.39 is 0 Å². The lowest BCUT2D eigenvalue weighted by Crippen LogP contribution is -2.50. The summed E-state index contributed by atoms with van der Waals surface area (Å²) in [5.41, 5.74) is 10.1. The second-order valence-corrected chi connectivity index (χ2v) is 7.01. The maximum absolute atomic E-state index is 12.4. The van der Waals surface area contributed by atoms with Crippen LogP contribution in [0.1, 0.15) is 68.2 Å². The fourth-order valence-electron chi connectivity index (χ4n) is 1.82. The van der Waals surface area contributed by atoms with Crippen molar-refractivity contribution in [2.45, 2.75) is 79.8 Å². The molecule has 0 aliphatic carbocycles. The van der Waals surface area contributed by atoms with Gasteiger partial charge in [-0.25, -0.2) is 0 Å². The molecule has 0 aliphatic rings. The highest BCUT2D eigenvalue weighted by atomic mass is 16.1. The molecule has 0 saturated carbocycles. The van der Waals surface area contributed by atoms with Crippen LogP contribution in [0.25, 0.3) is 0 Å². The number of rotatable bonds is 6. The lowest BCUT2D eigenvalue weighted by atomic mass is 9.84. The van der Waals surface area contributed by atoms with Gasteiger partial charge in [-0.1, -0.05) is 34.6 Å². The molecule has 126 valence electrons. The van der Waals surface area contributed by atoms with E-state index in [2.05, 4.69) is 31.1 Å². The van der Waals surface area contributed by atoms with Crippen LogP contribution >= 0.6 is 0 Å². The molecule has 0 saturated heterocycles. The van der Waals surface area contributed by atoms with E-state index in [9.17, 15) is 4.79 Å². The molecule has 0 aromatic carbocycles. The minimum atomic E-state index is -0.348. The first-order chi connectivity index (χ1) is 9.43. The summed E-state index contributed by atoms with van der Waals surface area (Å²) >= 11 is 0. The van der Waals surface area contributed by atoms with Crippen molar-refractivity contribution in [2.24, 2.45) is 21.9 Å². The van der Waals surface area contributed by atoms with Crippen LogP contribution < -0.4 is 16.8 Å². The number of nitrogens with one attached hydrogen (secondary N) is 1. The van der Waals surface area contributed by atoms with Crippen LogP contribution in [0.4, 0.5) is 0 Å². The molecule has 5 heteroatoms. The Hall–Kier alpha value is -1.10. The Kier molecular flexibility index (Phi) is 10.3. The van der Waals surface area contributed by atoms with E-state index >= 15 is 0 Å². The van der Waals surface area contributed by atoms with Crippen molar-refractivity contribution in [3.8, 4) is 0 Å². The number of carbonyl (C=O) groups is 1. The van der Waals surface area contributed by atoms with Gasteiger partial charge < -0.3 is 16.8 Å². The number of nitrogens with zero attached hydrogens (tertiary/aromatic N) is 1. The number of carbonyl (C=O) groups excluding carboxylic acids is 1. The van der Waals surface area contributed by atoms with Gasteiger partial charge in [0.25, 0.3) is 0 Å². The van der Waals surface area contributed by atoms with E-state index in [1.165, 1.54) is 0 Å². The molecular formula is C16H36N4O. The van der Waals surface area contributed by atoms with E-state index in [-0.39, 0.29) is 28.7 Å². The number of nitrogens with two attached hydrogens (primary N) is 2. The molecule has 5 N–H and O–H groups in total. The normalized spacial score (nSPS) is 13.0. The minimum absolute atomic E-state index is 0.0955. The molecule has 0 aromatic rings. The zero-order valence-electron chi connectivity index (χ0n) is 15.2. The van der Waals surface area contributed by atoms with Gasteiger partial charge in [-0.05, 0) is 33.6 Å². The standard InChI is InChI=1S/C14H30N4O.C2H6/c1-13(2,3)11(19)10(18-14(4,5)6)8-7-9-17-12(15)16;1-2/h10,18H,7-9H2,1-6H3,(H4,15,16,17);1-2H3. The third-order valence-electron chi connectivity index (χ3n) is 2.61. The van der Waals surface area contributed by atoms with Gasteiger partial charge >= 0.3 is 0 Å². The molecule has 0 rings (SSSR count). The van der Waals surface area contributed by atoms with Crippen LogP contribution in [-0.4, -0.2) is 29.9 Å². The zero-order chi connectivity index (χ0) is 17.3. The number of Topliss-reactive ketones (excluding diaryl/α,β-unsaturated/α-hetero) is 1. The highest BCUT2D eigenvalue weighted by Crippen LogP contribution is 2.20. The SMILES string of the molecule is CC.CC(C)(C)NC(CCCN=C(N)N)C(=O)C(C)(C)C. The lowest BCUT2D eigenvalue weighted by molar-refractivity contribution is -0.129. The summed E-state index contributed by atoms with van der Waals surface area (Å²) in [6.07, 6.45) is 1.53. The maximum atomic E-state index is 12.4. The number of hydrogen-bond donors (Lipinski definition) is 3. The van der Waals surface area contributed by atoms with Crippen molar-refractivity contribution >= 4 is 11.7 Å². The second kappa shape index (κ2) is 9.77. The van der Waals surface area contributed by atoms with Crippen LogP contribution in [0.5, 0.6) is 0 Å². The molecule has 0 amide bonds. The Labute approximate surface area is 131 Å². The predicted octanol–water partition coefficient (Wildman–Crippen LogP) is 2.44. The highest BCUT2D eigenvalue weighted by molar-refractivity contribution is 5.88. The Morgan fingerprint density at radius 3 is 1.90 bits per heavy atom. The average Bonchev–Trinajstić information content (AvgIpc) is 2.32. The molecule has 0 heterocycles. The summed E-state index contributed by atoms with van der Waals surface area (Å²) in [6.45, 7) is 16.6. The molecule has 1 atom stereocenters. The topological polar surface area (TPSA) is 93.5 Å². The molecule has 0 spiro atoms. The van der Waals surface area contributed by atoms with Gasteiger partial charge in [0.05, 0.1) is 6.04 Å². The van der Waals surface area contributed by atoms with Crippen molar-refractivity contribution in [3.05, 3.63) is 0 Å². The first kappa shape index (κ1) is 22.2. The quantitative estimate of drug-likeness (QED) is 0.399. The molecule has 0 fully saturated rings. The Morgan fingerprint density at radius 2 is 1.57 bits per heavy atom. The van der Waals surface area contributed by atoms with Crippen LogP contribution in [-0.2, 0) is 4.79 Å². The third-order valence-corrected chi connectivity index (χ3v) is 2.61. The molecule has 1 unspecified atom stereocenters. The Morgan fingerprint density at radius 1 is 1.10 bits per heavy atom. The van der Waals surface area contributed by atoms with Gasteiger partial charge in [0.15, 0.2) is 11.7 Å². The van der Waals surface area contributed by atoms with E-state index in [4.69, 9.17) is 11.5 Å². The average molecular weight is 300 g/mol. The summed E-state index contributed by atoms with van der Waals surface area (Å²) in [7, 11) is 0. The van der Waals surface area contributed by atoms with Gasteiger partial charge in [-0.3, -0.25) is 9.79 Å². The minimum Gasteiger partial charge on any atom is -0.370 e. The molecule has 0 aliphatic heterocycles. The first-order valence-corrected chi connectivity index (χ1v) is 7.81. The molecule has 21 heavy (non-hydrogen) atoms.